The van der Waals surface area contributed by atoms with Crippen LogP contribution in [-0.4, -0.2) is 35.5 Å². The van der Waals surface area contributed by atoms with Crippen LogP contribution in [0.5, 0.6) is 11.6 Å². The predicted molar refractivity (Wildman–Crippen MR) is 160 cm³/mol. The van der Waals surface area contributed by atoms with E-state index in [1.807, 2.05) is 6.07 Å². The van der Waals surface area contributed by atoms with E-state index < -0.39 is 15.8 Å². The van der Waals surface area contributed by atoms with Gasteiger partial charge in [-0.1, -0.05) is 30.3 Å². The normalized spacial score (nSPS) is 16.9. The maximum atomic E-state index is 15.3. The van der Waals surface area contributed by atoms with Crippen LogP contribution in [-0.2, 0) is 15.8 Å². The second-order valence-corrected chi connectivity index (χ2v) is 11.7. The highest BCUT2D eigenvalue weighted by Crippen LogP contribution is 2.35. The molecule has 12 heteroatoms. The number of anilines is 2. The number of rotatable bonds is 9. The lowest BCUT2D eigenvalue weighted by Gasteiger charge is -2.26. The summed E-state index contributed by atoms with van der Waals surface area (Å²) in [5.74, 6) is -0.363. The summed E-state index contributed by atoms with van der Waals surface area (Å²) < 4.78 is 48.9. The number of nitrogens with two attached hydrogens (primary N) is 1. The van der Waals surface area contributed by atoms with Crippen LogP contribution >= 0.6 is 12.4 Å². The molecule has 1 aliphatic rings. The van der Waals surface area contributed by atoms with Gasteiger partial charge in [0.25, 0.3) is 0 Å². The summed E-state index contributed by atoms with van der Waals surface area (Å²) in [4.78, 5) is 13.3. The summed E-state index contributed by atoms with van der Waals surface area (Å²) in [6.07, 6.45) is 7.01. The first-order chi connectivity index (χ1) is 19.3. The molecule has 4 N–H and O–H groups in total. The molecule has 5 rings (SSSR count). The van der Waals surface area contributed by atoms with Crippen LogP contribution in [0.15, 0.2) is 73.1 Å². The van der Waals surface area contributed by atoms with Crippen LogP contribution in [0.2, 0.25) is 0 Å². The van der Waals surface area contributed by atoms with Gasteiger partial charge >= 0.3 is 0 Å². The fourth-order valence-corrected chi connectivity index (χ4v) is 5.90. The van der Waals surface area contributed by atoms with Gasteiger partial charge in [-0.15, -0.1) is 12.4 Å². The number of halogens is 2. The predicted octanol–water partition coefficient (Wildman–Crippen LogP) is 5.82. The van der Waals surface area contributed by atoms with Gasteiger partial charge in [0.2, 0.25) is 21.9 Å². The molecular weight excluding hydrogens is 567 g/mol. The lowest BCUT2D eigenvalue weighted by Crippen LogP contribution is -2.33. The third-order valence-electron chi connectivity index (χ3n) is 6.71. The topological polar surface area (TPSA) is 132 Å². The van der Waals surface area contributed by atoms with Gasteiger partial charge in [-0.2, -0.15) is 0 Å². The highest BCUT2D eigenvalue weighted by molar-refractivity contribution is 7.91. The SMILES string of the molecule is Cc1cc(NS(=O)(=O)Cc2ccccc2)cc(F)c1Oc1ncccc1-c1ccnc(N[C@H]2CC[C@H](N)CC2)n1.Cl. The second kappa shape index (κ2) is 13.2. The van der Waals surface area contributed by atoms with E-state index in [1.165, 1.54) is 6.07 Å². The Labute approximate surface area is 245 Å². The number of nitrogens with one attached hydrogen (secondary N) is 2. The first-order valence-corrected chi connectivity index (χ1v) is 14.7. The molecule has 4 aromatic rings. The molecule has 41 heavy (non-hydrogen) atoms. The zero-order valence-electron chi connectivity index (χ0n) is 22.5. The van der Waals surface area contributed by atoms with Crippen LogP contribution in [0, 0.1) is 12.7 Å². The van der Waals surface area contributed by atoms with E-state index in [0.717, 1.165) is 31.7 Å². The quantitative estimate of drug-likeness (QED) is 0.219. The van der Waals surface area contributed by atoms with E-state index in [0.29, 0.717) is 28.3 Å². The summed E-state index contributed by atoms with van der Waals surface area (Å²) in [6.45, 7) is 1.64. The van der Waals surface area contributed by atoms with Gasteiger partial charge in [0.1, 0.15) is 0 Å². The van der Waals surface area contributed by atoms with Gasteiger partial charge in [0.15, 0.2) is 11.6 Å². The summed E-state index contributed by atoms with van der Waals surface area (Å²) in [6, 6.07) is 17.1. The maximum Gasteiger partial charge on any atom is 0.236 e. The molecule has 0 spiro atoms. The number of nitrogens with zero attached hydrogens (tertiary/aromatic N) is 3. The van der Waals surface area contributed by atoms with E-state index >= 15 is 4.39 Å². The maximum absolute atomic E-state index is 15.3. The van der Waals surface area contributed by atoms with E-state index in [1.54, 1.807) is 61.8 Å². The second-order valence-electron chi connectivity index (χ2n) is 9.93. The van der Waals surface area contributed by atoms with E-state index in [4.69, 9.17) is 10.5 Å². The number of aromatic nitrogens is 3. The van der Waals surface area contributed by atoms with E-state index in [9.17, 15) is 8.42 Å². The van der Waals surface area contributed by atoms with Crippen molar-refractivity contribution in [2.45, 2.75) is 50.4 Å². The van der Waals surface area contributed by atoms with Gasteiger partial charge in [0, 0.05) is 30.5 Å². The van der Waals surface area contributed by atoms with Crippen molar-refractivity contribution in [1.29, 1.82) is 0 Å². The number of hydrogen-bond donors (Lipinski definition) is 3. The molecular formula is C29H32ClFN6O3S. The Morgan fingerprint density at radius 1 is 1.00 bits per heavy atom. The van der Waals surface area contributed by atoms with Crippen LogP contribution in [0.4, 0.5) is 16.0 Å². The zero-order chi connectivity index (χ0) is 28.1. The van der Waals surface area contributed by atoms with E-state index in [2.05, 4.69) is 25.0 Å². The third kappa shape index (κ3) is 7.90. The molecule has 0 radical (unpaired) electrons. The molecule has 0 unspecified atom stereocenters. The summed E-state index contributed by atoms with van der Waals surface area (Å²) in [5.41, 5.74) is 8.27. The number of ether oxygens (including phenoxy) is 1. The first-order valence-electron chi connectivity index (χ1n) is 13.1. The number of pyridine rings is 1. The third-order valence-corrected chi connectivity index (χ3v) is 7.97. The molecule has 0 bridgehead atoms. The molecule has 2 aromatic heterocycles. The Morgan fingerprint density at radius 3 is 2.49 bits per heavy atom. The Hall–Kier alpha value is -3.80. The smallest absolute Gasteiger partial charge is 0.236 e. The van der Waals surface area contributed by atoms with Gasteiger partial charge in [-0.05, 0) is 68.0 Å². The minimum Gasteiger partial charge on any atom is -0.435 e. The molecule has 0 saturated heterocycles. The molecule has 0 aliphatic heterocycles. The molecule has 2 heterocycles. The largest absolute Gasteiger partial charge is 0.435 e. The molecule has 2 aromatic carbocycles. The van der Waals surface area contributed by atoms with Crippen LogP contribution in [0.25, 0.3) is 11.3 Å². The molecule has 0 atom stereocenters. The van der Waals surface area contributed by atoms with Crippen molar-refractivity contribution in [3.05, 3.63) is 90.0 Å². The number of sulfonamides is 1. The standard InChI is InChI=1S/C29H31FN6O3S.ClH/c1-19-16-23(36-40(37,38)18-20-6-3-2-4-7-20)17-25(30)27(19)39-28-24(8-5-14-32-28)26-13-15-33-29(35-26)34-22-11-9-21(31)10-12-22;/h2-8,13-17,21-22,36H,9-12,18,31H2,1H3,(H,33,34,35);1H/t21-,22-;. The van der Waals surface area contributed by atoms with Gasteiger partial charge < -0.3 is 15.8 Å². The fraction of sp³-hybridized carbons (Fsp3) is 0.276. The minimum atomic E-state index is -3.75. The van der Waals surface area contributed by atoms with Crippen molar-refractivity contribution >= 4 is 34.1 Å². The molecule has 9 nitrogen and oxygen atoms in total. The van der Waals surface area contributed by atoms with Crippen LogP contribution in [0.1, 0.15) is 36.8 Å². The number of aryl methyl sites for hydroxylation is 1. The van der Waals surface area contributed by atoms with Gasteiger partial charge in [0.05, 0.1) is 22.7 Å². The lowest BCUT2D eigenvalue weighted by molar-refractivity contribution is 0.410. The van der Waals surface area contributed by atoms with Crippen molar-refractivity contribution in [1.82, 2.24) is 15.0 Å². The van der Waals surface area contributed by atoms with Crippen molar-refractivity contribution in [2.24, 2.45) is 5.73 Å². The minimum absolute atomic E-state index is 0. The fourth-order valence-electron chi connectivity index (χ4n) is 4.72. The Morgan fingerprint density at radius 2 is 1.76 bits per heavy atom. The Balaban J connectivity index is 0.00000387. The molecule has 216 valence electrons. The van der Waals surface area contributed by atoms with Crippen molar-refractivity contribution in [3.8, 4) is 22.9 Å². The Bertz CT molecular complexity index is 1560. The zero-order valence-corrected chi connectivity index (χ0v) is 24.1. The first kappa shape index (κ1) is 30.2. The highest BCUT2D eigenvalue weighted by atomic mass is 35.5. The molecule has 0 amide bonds. The number of benzene rings is 2. The molecule has 1 fully saturated rings. The molecule has 1 saturated carbocycles. The van der Waals surface area contributed by atoms with Crippen molar-refractivity contribution < 1.29 is 17.5 Å². The van der Waals surface area contributed by atoms with Gasteiger partial charge in [-0.3, -0.25) is 4.72 Å². The average molecular weight is 599 g/mol. The van der Waals surface area contributed by atoms with Crippen LogP contribution in [0.3, 0.4) is 0 Å². The summed E-state index contributed by atoms with van der Waals surface area (Å²) in [5, 5.41) is 3.38. The van der Waals surface area contributed by atoms with Crippen LogP contribution < -0.4 is 20.5 Å². The Kier molecular flexibility index (Phi) is 9.74. The highest BCUT2D eigenvalue weighted by Gasteiger charge is 2.21. The number of hydrogen-bond acceptors (Lipinski definition) is 8. The van der Waals surface area contributed by atoms with E-state index in [-0.39, 0.29) is 47.6 Å². The molecule has 1 aliphatic carbocycles. The van der Waals surface area contributed by atoms with Crippen molar-refractivity contribution in [2.75, 3.05) is 10.0 Å². The lowest BCUT2D eigenvalue weighted by atomic mass is 9.92. The summed E-state index contributed by atoms with van der Waals surface area (Å²) >= 11 is 0. The van der Waals surface area contributed by atoms with Gasteiger partial charge in [-0.25, -0.2) is 27.8 Å². The van der Waals surface area contributed by atoms with Crippen molar-refractivity contribution in [3.63, 3.8) is 0 Å². The monoisotopic (exact) mass is 598 g/mol. The summed E-state index contributed by atoms with van der Waals surface area (Å²) in [7, 11) is -3.75. The average Bonchev–Trinajstić information content (AvgIpc) is 2.92.